The van der Waals surface area contributed by atoms with Crippen LogP contribution in [0, 0.1) is 5.92 Å². The highest BCUT2D eigenvalue weighted by atomic mass is 19.4. The summed E-state index contributed by atoms with van der Waals surface area (Å²) in [5, 5.41) is 13.4. The van der Waals surface area contributed by atoms with Crippen LogP contribution in [-0.2, 0) is 17.4 Å². The number of benzene rings is 1. The molecule has 2 aliphatic heterocycles. The number of halogens is 5. The molecule has 0 unspecified atom stereocenters. The van der Waals surface area contributed by atoms with E-state index in [0.717, 1.165) is 0 Å². The van der Waals surface area contributed by atoms with Crippen LogP contribution in [0.15, 0.2) is 36.7 Å². The lowest BCUT2D eigenvalue weighted by Gasteiger charge is -2.34. The minimum absolute atomic E-state index is 0.102. The Bertz CT molecular complexity index is 1520. The highest BCUT2D eigenvalue weighted by Crippen LogP contribution is 2.44. The monoisotopic (exact) mass is 608 g/mol. The van der Waals surface area contributed by atoms with Gasteiger partial charge in [0.05, 0.1) is 29.7 Å². The molecule has 1 saturated heterocycles. The number of aromatic nitrogens is 3. The van der Waals surface area contributed by atoms with E-state index in [1.165, 1.54) is 29.2 Å². The number of aliphatic carboxylic acids is 1. The first-order valence-corrected chi connectivity index (χ1v) is 14.0. The molecule has 1 N–H and O–H groups in total. The third-order valence-electron chi connectivity index (χ3n) is 8.22. The van der Waals surface area contributed by atoms with Crippen molar-refractivity contribution in [1.29, 1.82) is 0 Å². The Morgan fingerprint density at radius 1 is 1.14 bits per heavy atom. The molecular formula is C29H29F5N4O5. The van der Waals surface area contributed by atoms with E-state index in [2.05, 4.69) is 24.5 Å². The summed E-state index contributed by atoms with van der Waals surface area (Å²) in [4.78, 5) is 17.7. The van der Waals surface area contributed by atoms with Gasteiger partial charge in [-0.1, -0.05) is 6.07 Å². The molecule has 230 valence electrons. The lowest BCUT2D eigenvalue weighted by Crippen LogP contribution is -2.39. The second-order valence-corrected chi connectivity index (χ2v) is 11.1. The fourth-order valence-corrected chi connectivity index (χ4v) is 6.15. The molecule has 4 heterocycles. The van der Waals surface area contributed by atoms with Crippen molar-refractivity contribution in [2.45, 2.75) is 63.5 Å². The van der Waals surface area contributed by atoms with Gasteiger partial charge in [0.2, 0.25) is 0 Å². The molecule has 43 heavy (non-hydrogen) atoms. The van der Waals surface area contributed by atoms with Crippen LogP contribution in [0.2, 0.25) is 0 Å². The molecule has 0 spiro atoms. The van der Waals surface area contributed by atoms with Crippen LogP contribution < -0.4 is 14.2 Å². The van der Waals surface area contributed by atoms with Gasteiger partial charge in [0, 0.05) is 24.1 Å². The maximum absolute atomic E-state index is 14.1. The van der Waals surface area contributed by atoms with Crippen molar-refractivity contribution < 1.29 is 46.1 Å². The number of piperidine rings is 1. The summed E-state index contributed by atoms with van der Waals surface area (Å²) in [6.07, 6.45) is -3.76. The van der Waals surface area contributed by atoms with E-state index in [-0.39, 0.29) is 35.2 Å². The zero-order valence-electron chi connectivity index (χ0n) is 23.1. The molecular weight excluding hydrogens is 579 g/mol. The molecule has 9 nitrogen and oxygen atoms in total. The molecule has 1 aliphatic carbocycles. The van der Waals surface area contributed by atoms with Crippen molar-refractivity contribution in [3.63, 3.8) is 0 Å². The van der Waals surface area contributed by atoms with Gasteiger partial charge in [-0.2, -0.15) is 18.3 Å². The molecule has 2 aromatic heterocycles. The number of ether oxygens (including phenoxy) is 3. The van der Waals surface area contributed by atoms with E-state index >= 15 is 0 Å². The van der Waals surface area contributed by atoms with Crippen LogP contribution in [-0.4, -0.2) is 56.7 Å². The van der Waals surface area contributed by atoms with Crippen LogP contribution in [0.3, 0.4) is 0 Å². The quantitative estimate of drug-likeness (QED) is 0.328. The van der Waals surface area contributed by atoms with E-state index in [9.17, 15) is 31.9 Å². The molecule has 1 aromatic carbocycles. The summed E-state index contributed by atoms with van der Waals surface area (Å²) in [7, 11) is 0. The second kappa shape index (κ2) is 11.0. The molecule has 0 radical (unpaired) electrons. The van der Waals surface area contributed by atoms with Crippen LogP contribution >= 0.6 is 0 Å². The molecule has 0 saturated carbocycles. The maximum atomic E-state index is 14.1. The average molecular weight is 609 g/mol. The van der Waals surface area contributed by atoms with Gasteiger partial charge in [0.15, 0.2) is 17.2 Å². The van der Waals surface area contributed by atoms with E-state index in [0.29, 0.717) is 62.3 Å². The molecule has 3 aliphatic rings. The summed E-state index contributed by atoms with van der Waals surface area (Å²) in [5.41, 5.74) is 0.517. The number of fused-ring (bicyclic) bond motifs is 2. The number of pyridine rings is 1. The van der Waals surface area contributed by atoms with E-state index in [1.807, 2.05) is 0 Å². The smallest absolute Gasteiger partial charge is 0.484 e. The summed E-state index contributed by atoms with van der Waals surface area (Å²) >= 11 is 0. The second-order valence-electron chi connectivity index (χ2n) is 11.1. The number of hydrogen-bond donors (Lipinski definition) is 1. The van der Waals surface area contributed by atoms with Crippen molar-refractivity contribution in [3.8, 4) is 22.9 Å². The zero-order valence-corrected chi connectivity index (χ0v) is 23.1. The van der Waals surface area contributed by atoms with Crippen LogP contribution in [0.1, 0.15) is 67.1 Å². The largest absolute Gasteiger partial charge is 0.586 e. The molecule has 3 aromatic rings. The van der Waals surface area contributed by atoms with Crippen LogP contribution in [0.5, 0.6) is 17.2 Å². The van der Waals surface area contributed by atoms with Gasteiger partial charge < -0.3 is 24.2 Å². The third kappa shape index (κ3) is 5.97. The Morgan fingerprint density at radius 2 is 1.88 bits per heavy atom. The van der Waals surface area contributed by atoms with E-state index < -0.39 is 36.2 Å². The summed E-state index contributed by atoms with van der Waals surface area (Å²) < 4.78 is 85.6. The number of hydrogen-bond acceptors (Lipinski definition) is 7. The Labute approximate surface area is 243 Å². The van der Waals surface area contributed by atoms with Crippen molar-refractivity contribution in [2.24, 2.45) is 5.92 Å². The average Bonchev–Trinajstić information content (AvgIpc) is 3.50. The first kappa shape index (κ1) is 29.1. The van der Waals surface area contributed by atoms with Gasteiger partial charge >= 0.3 is 18.4 Å². The number of likely N-dealkylation sites (tertiary alicyclic amines) is 1. The van der Waals surface area contributed by atoms with Gasteiger partial charge in [-0.15, -0.1) is 8.78 Å². The molecule has 14 heteroatoms. The number of carbonyl (C=O) groups is 1. The third-order valence-corrected chi connectivity index (χ3v) is 8.22. The Morgan fingerprint density at radius 3 is 2.60 bits per heavy atom. The van der Waals surface area contributed by atoms with Crippen molar-refractivity contribution in [3.05, 3.63) is 59.2 Å². The number of carboxylic acids is 1. The van der Waals surface area contributed by atoms with Gasteiger partial charge in [-0.05, 0) is 69.8 Å². The van der Waals surface area contributed by atoms with Crippen molar-refractivity contribution >= 4 is 5.97 Å². The molecule has 2 atom stereocenters. The zero-order chi connectivity index (χ0) is 30.5. The molecule has 0 amide bonds. The lowest BCUT2D eigenvalue weighted by molar-refractivity contribution is -0.286. The maximum Gasteiger partial charge on any atom is 0.586 e. The van der Waals surface area contributed by atoms with E-state index in [1.54, 1.807) is 19.1 Å². The number of carboxylic acid groups (broad SMARTS) is 1. The Balaban J connectivity index is 1.27. The van der Waals surface area contributed by atoms with Crippen LogP contribution in [0.4, 0.5) is 22.0 Å². The molecule has 6 rings (SSSR count). The number of rotatable bonds is 7. The SMILES string of the molecule is C[C@H](Oc1cncc(-n2nc(C(F)(F)F)c3c2[C@H](CN2CCC(C(=O)O)CC2)CCC3)c1)c1ccc2c(c1)OC(F)(F)O2. The minimum Gasteiger partial charge on any atom is -0.484 e. The van der Waals surface area contributed by atoms with Gasteiger partial charge in [-0.3, -0.25) is 9.78 Å². The lowest BCUT2D eigenvalue weighted by atomic mass is 9.85. The van der Waals surface area contributed by atoms with Crippen molar-refractivity contribution in [1.82, 2.24) is 19.7 Å². The van der Waals surface area contributed by atoms with Crippen molar-refractivity contribution in [2.75, 3.05) is 19.6 Å². The van der Waals surface area contributed by atoms with Gasteiger partial charge in [0.1, 0.15) is 11.9 Å². The fraction of sp³-hybridized carbons (Fsp3) is 0.483. The predicted octanol–water partition coefficient (Wildman–Crippen LogP) is 5.96. The standard InChI is InChI=1S/C29H29F5N4O5/c1-16(18-5-6-23-24(11-18)43-29(33,34)42-23)41-21-12-20(13-35-14-21)38-25-19(15-37-9-7-17(8-10-37)27(39)40)3-2-4-22(25)26(36-38)28(30,31)32/h5-6,11-14,16-17,19H,2-4,7-10,15H2,1H3,(H,39,40)/t16-,19-/m0/s1. The summed E-state index contributed by atoms with van der Waals surface area (Å²) in [5.74, 6) is -1.47. The molecule has 0 bridgehead atoms. The topological polar surface area (TPSA) is 98.9 Å². The number of nitrogens with zero attached hydrogens (tertiary/aromatic N) is 4. The Hall–Kier alpha value is -3.94. The first-order chi connectivity index (χ1) is 20.4. The highest BCUT2D eigenvalue weighted by molar-refractivity contribution is 5.70. The van der Waals surface area contributed by atoms with E-state index in [4.69, 9.17) is 4.74 Å². The summed E-state index contributed by atoms with van der Waals surface area (Å²) in [6, 6.07) is 5.82. The first-order valence-electron chi connectivity index (χ1n) is 14.0. The minimum atomic E-state index is -4.65. The fourth-order valence-electron chi connectivity index (χ4n) is 6.15. The summed E-state index contributed by atoms with van der Waals surface area (Å²) in [6.45, 7) is 3.29. The van der Waals surface area contributed by atoms with Gasteiger partial charge in [0.25, 0.3) is 0 Å². The molecule has 1 fully saturated rings. The van der Waals surface area contributed by atoms with Gasteiger partial charge in [-0.25, -0.2) is 4.68 Å². The number of alkyl halides is 5. The highest BCUT2D eigenvalue weighted by Gasteiger charge is 2.44. The normalized spacial score (nSPS) is 20.9. The predicted molar refractivity (Wildman–Crippen MR) is 141 cm³/mol. The van der Waals surface area contributed by atoms with Crippen LogP contribution in [0.25, 0.3) is 5.69 Å². The Kier molecular flexibility index (Phi) is 7.43.